The number of aliphatic hydroxyl groups is 1. The van der Waals surface area contributed by atoms with Gasteiger partial charge in [-0.3, -0.25) is 0 Å². The highest BCUT2D eigenvalue weighted by Crippen LogP contribution is 2.26. The largest absolute Gasteiger partial charge is 0.504 e. The summed E-state index contributed by atoms with van der Waals surface area (Å²) in [5.74, 6) is 0.434. The Morgan fingerprint density at radius 1 is 1.15 bits per heavy atom. The number of phenols is 1. The molecule has 0 aliphatic heterocycles. The Morgan fingerprint density at radius 2 is 1.88 bits per heavy atom. The van der Waals surface area contributed by atoms with Crippen molar-refractivity contribution in [1.29, 1.82) is 0 Å². The summed E-state index contributed by atoms with van der Waals surface area (Å²) in [5.41, 5.74) is 1.81. The van der Waals surface area contributed by atoms with Gasteiger partial charge in [-0.2, -0.15) is 0 Å². The van der Waals surface area contributed by atoms with Crippen molar-refractivity contribution in [1.82, 2.24) is 10.6 Å². The first-order valence-corrected chi connectivity index (χ1v) is 8.27. The number of nitrogens with one attached hydrogen (secondary N) is 2. The molecular formula is C19H24N2O5. The van der Waals surface area contributed by atoms with Gasteiger partial charge in [-0.1, -0.05) is 36.4 Å². The molecule has 0 heterocycles. The summed E-state index contributed by atoms with van der Waals surface area (Å²) in [6.45, 7) is 0.653. The number of hydrogen-bond donors (Lipinski definition) is 5. The van der Waals surface area contributed by atoms with Crippen molar-refractivity contribution in [3.63, 3.8) is 0 Å². The minimum atomic E-state index is -1.17. The summed E-state index contributed by atoms with van der Waals surface area (Å²) >= 11 is 0. The fourth-order valence-corrected chi connectivity index (χ4v) is 2.65. The summed E-state index contributed by atoms with van der Waals surface area (Å²) in [7, 11) is 1.47. The van der Waals surface area contributed by atoms with Crippen LogP contribution in [0.1, 0.15) is 11.1 Å². The molecule has 0 aliphatic rings. The molecule has 0 saturated heterocycles. The van der Waals surface area contributed by atoms with Crippen LogP contribution in [0.15, 0.2) is 48.5 Å². The Bertz CT molecular complexity index is 708. The molecule has 5 N–H and O–H groups in total. The summed E-state index contributed by atoms with van der Waals surface area (Å²) in [5, 5.41) is 34.5. The van der Waals surface area contributed by atoms with Crippen molar-refractivity contribution in [2.45, 2.75) is 25.1 Å². The molecule has 0 bridgehead atoms. The second-order valence-corrected chi connectivity index (χ2v) is 5.95. The molecule has 0 aliphatic carbocycles. The van der Waals surface area contributed by atoms with Gasteiger partial charge >= 0.3 is 6.09 Å². The van der Waals surface area contributed by atoms with Crippen LogP contribution in [0.4, 0.5) is 4.79 Å². The highest BCUT2D eigenvalue weighted by molar-refractivity contribution is 5.65. The lowest BCUT2D eigenvalue weighted by Gasteiger charge is -2.23. The number of methoxy groups -OCH3 is 1. The van der Waals surface area contributed by atoms with Gasteiger partial charge in [0.15, 0.2) is 11.5 Å². The van der Waals surface area contributed by atoms with Crippen LogP contribution >= 0.6 is 0 Å². The first kappa shape index (κ1) is 19.6. The molecule has 2 rings (SSSR count). The van der Waals surface area contributed by atoms with E-state index in [4.69, 9.17) is 9.84 Å². The summed E-state index contributed by atoms with van der Waals surface area (Å²) in [6, 6.07) is 13.8. The van der Waals surface area contributed by atoms with E-state index in [1.165, 1.54) is 13.2 Å². The molecule has 140 valence electrons. The van der Waals surface area contributed by atoms with Gasteiger partial charge < -0.3 is 30.7 Å². The molecule has 2 atom stereocenters. The minimum Gasteiger partial charge on any atom is -0.504 e. The second kappa shape index (κ2) is 9.65. The first-order chi connectivity index (χ1) is 12.5. The highest BCUT2D eigenvalue weighted by Gasteiger charge is 2.21. The number of ether oxygens (including phenoxy) is 1. The number of aromatic hydroxyl groups is 1. The predicted octanol–water partition coefficient (Wildman–Crippen LogP) is 1.73. The number of aliphatic hydroxyl groups excluding tert-OH is 1. The topological polar surface area (TPSA) is 111 Å². The van der Waals surface area contributed by atoms with Crippen molar-refractivity contribution < 1.29 is 24.9 Å². The molecule has 0 spiro atoms. The zero-order valence-electron chi connectivity index (χ0n) is 14.6. The number of hydrogen-bond acceptors (Lipinski definition) is 5. The van der Waals surface area contributed by atoms with Gasteiger partial charge in [-0.05, 0) is 29.7 Å². The zero-order valence-corrected chi connectivity index (χ0v) is 14.6. The minimum absolute atomic E-state index is 0.0601. The van der Waals surface area contributed by atoms with E-state index in [2.05, 4.69) is 10.6 Å². The van der Waals surface area contributed by atoms with Crippen LogP contribution in [0.2, 0.25) is 0 Å². The van der Waals surface area contributed by atoms with Crippen molar-refractivity contribution in [2.24, 2.45) is 0 Å². The number of phenolic OH excluding ortho intramolecular Hbond substituents is 1. The molecular weight excluding hydrogens is 336 g/mol. The lowest BCUT2D eigenvalue weighted by molar-refractivity contribution is 0.117. The van der Waals surface area contributed by atoms with Crippen molar-refractivity contribution >= 4 is 6.09 Å². The van der Waals surface area contributed by atoms with Crippen LogP contribution in [-0.2, 0) is 13.0 Å². The first-order valence-electron chi connectivity index (χ1n) is 8.27. The average molecular weight is 360 g/mol. The Labute approximate surface area is 152 Å². The molecule has 7 nitrogen and oxygen atoms in total. The number of carboxylic acid groups (broad SMARTS) is 1. The van der Waals surface area contributed by atoms with Gasteiger partial charge in [0.1, 0.15) is 0 Å². The molecule has 0 unspecified atom stereocenters. The fourth-order valence-electron chi connectivity index (χ4n) is 2.65. The van der Waals surface area contributed by atoms with Gasteiger partial charge in [-0.15, -0.1) is 0 Å². The SMILES string of the molecule is COc1cc(CNC[C@@H](O)[C@H](Cc2ccccc2)NC(=O)O)ccc1O. The third-order valence-electron chi connectivity index (χ3n) is 4.00. The molecule has 1 amide bonds. The Balaban J connectivity index is 1.91. The molecule has 0 radical (unpaired) electrons. The van der Waals surface area contributed by atoms with E-state index in [1.54, 1.807) is 12.1 Å². The highest BCUT2D eigenvalue weighted by atomic mass is 16.5. The third-order valence-corrected chi connectivity index (χ3v) is 4.00. The maximum atomic E-state index is 11.0. The van der Waals surface area contributed by atoms with Crippen molar-refractivity contribution in [2.75, 3.05) is 13.7 Å². The monoisotopic (exact) mass is 360 g/mol. The average Bonchev–Trinajstić information content (AvgIpc) is 2.63. The summed E-state index contributed by atoms with van der Waals surface area (Å²) in [4.78, 5) is 11.0. The molecule has 0 fully saturated rings. The standard InChI is InChI=1S/C19H24N2O5/c1-26-18-10-14(7-8-16(18)22)11-20-12-17(23)15(21-19(24)25)9-13-5-3-2-4-6-13/h2-8,10,15,17,20-23H,9,11-12H2,1H3,(H,24,25)/t15-,17+/m0/s1. The van der Waals surface area contributed by atoms with E-state index in [0.29, 0.717) is 18.7 Å². The molecule has 7 heteroatoms. The smallest absolute Gasteiger partial charge is 0.404 e. The molecule has 26 heavy (non-hydrogen) atoms. The molecule has 2 aromatic carbocycles. The number of carbonyl (C=O) groups is 1. The molecule has 2 aromatic rings. The zero-order chi connectivity index (χ0) is 18.9. The van der Waals surface area contributed by atoms with E-state index < -0.39 is 18.2 Å². The normalized spacial score (nSPS) is 13.0. The molecule has 0 aromatic heterocycles. The Hall–Kier alpha value is -2.77. The van der Waals surface area contributed by atoms with Crippen molar-refractivity contribution in [3.05, 3.63) is 59.7 Å². The van der Waals surface area contributed by atoms with Gasteiger partial charge in [-0.25, -0.2) is 4.79 Å². The van der Waals surface area contributed by atoms with Gasteiger partial charge in [0, 0.05) is 13.1 Å². The van der Waals surface area contributed by atoms with E-state index in [1.807, 2.05) is 30.3 Å². The third kappa shape index (κ3) is 5.94. The van der Waals surface area contributed by atoms with Crippen LogP contribution in [-0.4, -0.2) is 47.2 Å². The predicted molar refractivity (Wildman–Crippen MR) is 97.5 cm³/mol. The van der Waals surface area contributed by atoms with Crippen LogP contribution in [0.5, 0.6) is 11.5 Å². The Kier molecular flexibility index (Phi) is 7.25. The number of amides is 1. The van der Waals surface area contributed by atoms with E-state index in [9.17, 15) is 15.0 Å². The van der Waals surface area contributed by atoms with E-state index in [-0.39, 0.29) is 12.3 Å². The summed E-state index contributed by atoms with van der Waals surface area (Å²) < 4.78 is 5.06. The lowest BCUT2D eigenvalue weighted by Crippen LogP contribution is -2.48. The van der Waals surface area contributed by atoms with Crippen LogP contribution in [0, 0.1) is 0 Å². The Morgan fingerprint density at radius 3 is 2.54 bits per heavy atom. The van der Waals surface area contributed by atoms with Crippen LogP contribution in [0.25, 0.3) is 0 Å². The van der Waals surface area contributed by atoms with E-state index >= 15 is 0 Å². The maximum Gasteiger partial charge on any atom is 0.404 e. The van der Waals surface area contributed by atoms with E-state index in [0.717, 1.165) is 11.1 Å². The van der Waals surface area contributed by atoms with Gasteiger partial charge in [0.05, 0.1) is 19.3 Å². The fraction of sp³-hybridized carbons (Fsp3) is 0.316. The number of rotatable bonds is 9. The van der Waals surface area contributed by atoms with Crippen LogP contribution in [0.3, 0.4) is 0 Å². The molecule has 0 saturated carbocycles. The van der Waals surface area contributed by atoms with Gasteiger partial charge in [0.25, 0.3) is 0 Å². The van der Waals surface area contributed by atoms with Gasteiger partial charge in [0.2, 0.25) is 0 Å². The lowest BCUT2D eigenvalue weighted by atomic mass is 10.0. The quantitative estimate of drug-likeness (QED) is 0.466. The summed E-state index contributed by atoms with van der Waals surface area (Å²) in [6.07, 6.45) is -1.68. The van der Waals surface area contributed by atoms with Crippen LogP contribution < -0.4 is 15.4 Å². The maximum absolute atomic E-state index is 11.0. The number of benzene rings is 2. The second-order valence-electron chi connectivity index (χ2n) is 5.95. The van der Waals surface area contributed by atoms with Crippen molar-refractivity contribution in [3.8, 4) is 11.5 Å².